The summed E-state index contributed by atoms with van der Waals surface area (Å²) in [5.41, 5.74) is 7.18. The predicted molar refractivity (Wildman–Crippen MR) is 76.2 cm³/mol. The van der Waals surface area contributed by atoms with Crippen LogP contribution in [0.2, 0.25) is 0 Å². The minimum absolute atomic E-state index is 0.0665. The van der Waals surface area contributed by atoms with Crippen molar-refractivity contribution in [3.63, 3.8) is 0 Å². The molecule has 0 radical (unpaired) electrons. The molecule has 0 spiro atoms. The Kier molecular flexibility index (Phi) is 4.63. The van der Waals surface area contributed by atoms with Gasteiger partial charge in [0.05, 0.1) is 12.3 Å². The lowest BCUT2D eigenvalue weighted by Crippen LogP contribution is -2.17. The molecule has 8 nitrogen and oxygen atoms in total. The molecule has 0 aliphatic rings. The standard InChI is InChI=1S/C12H14N4O4S/c1-7-2-3-14-10-9(7)15-12(21-6-8(17)18)16(10)4-5-20-11(13)19/h2-3H,4-6H2,1H3,(H2,13,19)(H,17,18). The number of hydrogen-bond acceptors (Lipinski definition) is 6. The third-order valence-corrected chi connectivity index (χ3v) is 3.65. The van der Waals surface area contributed by atoms with E-state index in [-0.39, 0.29) is 12.4 Å². The number of thioether (sulfide) groups is 1. The molecule has 3 N–H and O–H groups in total. The van der Waals surface area contributed by atoms with Gasteiger partial charge < -0.3 is 20.1 Å². The van der Waals surface area contributed by atoms with Gasteiger partial charge in [-0.1, -0.05) is 11.8 Å². The number of aliphatic carboxylic acids is 1. The van der Waals surface area contributed by atoms with Crippen LogP contribution in [0.1, 0.15) is 5.56 Å². The Morgan fingerprint density at radius 2 is 2.29 bits per heavy atom. The van der Waals surface area contributed by atoms with Crippen molar-refractivity contribution in [1.29, 1.82) is 0 Å². The summed E-state index contributed by atoms with van der Waals surface area (Å²) in [6, 6.07) is 1.82. The third kappa shape index (κ3) is 3.63. The van der Waals surface area contributed by atoms with Gasteiger partial charge in [-0.15, -0.1) is 0 Å². The Morgan fingerprint density at radius 3 is 2.95 bits per heavy atom. The van der Waals surface area contributed by atoms with Gasteiger partial charge in [-0.2, -0.15) is 0 Å². The van der Waals surface area contributed by atoms with Crippen LogP contribution in [0.5, 0.6) is 0 Å². The highest BCUT2D eigenvalue weighted by molar-refractivity contribution is 7.99. The maximum absolute atomic E-state index is 10.7. The molecule has 2 rings (SSSR count). The Balaban J connectivity index is 2.32. The largest absolute Gasteiger partial charge is 0.481 e. The first-order chi connectivity index (χ1) is 9.99. The first-order valence-corrected chi connectivity index (χ1v) is 7.06. The van der Waals surface area contributed by atoms with E-state index in [0.717, 1.165) is 17.3 Å². The highest BCUT2D eigenvalue weighted by Gasteiger charge is 2.15. The van der Waals surface area contributed by atoms with Gasteiger partial charge in [0.25, 0.3) is 0 Å². The van der Waals surface area contributed by atoms with E-state index in [1.165, 1.54) is 0 Å². The summed E-state index contributed by atoms with van der Waals surface area (Å²) in [7, 11) is 0. The van der Waals surface area contributed by atoms with Gasteiger partial charge in [0.15, 0.2) is 10.8 Å². The molecule has 112 valence electrons. The summed E-state index contributed by atoms with van der Waals surface area (Å²) in [6.45, 7) is 2.27. The minimum Gasteiger partial charge on any atom is -0.481 e. The normalized spacial score (nSPS) is 10.7. The molecule has 0 fully saturated rings. The molecule has 0 bridgehead atoms. The Labute approximate surface area is 124 Å². The number of carboxylic acids is 1. The molecule has 0 saturated heterocycles. The number of nitrogens with zero attached hydrogens (tertiary/aromatic N) is 3. The lowest BCUT2D eigenvalue weighted by Gasteiger charge is -2.07. The summed E-state index contributed by atoms with van der Waals surface area (Å²) in [5, 5.41) is 9.30. The average Bonchev–Trinajstić information content (AvgIpc) is 2.76. The van der Waals surface area contributed by atoms with E-state index >= 15 is 0 Å². The molecule has 0 atom stereocenters. The van der Waals surface area contributed by atoms with E-state index in [2.05, 4.69) is 9.97 Å². The van der Waals surface area contributed by atoms with Gasteiger partial charge in [0.1, 0.15) is 12.1 Å². The number of ether oxygens (including phenoxy) is 1. The van der Waals surface area contributed by atoms with Gasteiger partial charge in [0, 0.05) is 6.20 Å². The van der Waals surface area contributed by atoms with Crippen molar-refractivity contribution in [3.05, 3.63) is 17.8 Å². The van der Waals surface area contributed by atoms with Crippen LogP contribution >= 0.6 is 11.8 Å². The Hall–Kier alpha value is -2.29. The van der Waals surface area contributed by atoms with Gasteiger partial charge in [-0.3, -0.25) is 4.79 Å². The first-order valence-electron chi connectivity index (χ1n) is 6.07. The molecule has 0 aromatic carbocycles. The number of fused-ring (bicyclic) bond motifs is 1. The molecular weight excluding hydrogens is 296 g/mol. The quantitative estimate of drug-likeness (QED) is 0.764. The smallest absolute Gasteiger partial charge is 0.404 e. The fraction of sp³-hybridized carbons (Fsp3) is 0.333. The minimum atomic E-state index is -0.934. The van der Waals surface area contributed by atoms with Crippen molar-refractivity contribution in [2.45, 2.75) is 18.6 Å². The van der Waals surface area contributed by atoms with E-state index in [1.807, 2.05) is 13.0 Å². The van der Waals surface area contributed by atoms with Gasteiger partial charge in [-0.25, -0.2) is 14.8 Å². The van der Waals surface area contributed by atoms with E-state index in [4.69, 9.17) is 15.6 Å². The van der Waals surface area contributed by atoms with Crippen molar-refractivity contribution >= 4 is 35.0 Å². The summed E-state index contributed by atoms with van der Waals surface area (Å²) < 4.78 is 6.43. The number of carbonyl (C=O) groups is 2. The van der Waals surface area contributed by atoms with E-state index in [9.17, 15) is 9.59 Å². The summed E-state index contributed by atoms with van der Waals surface area (Å²) in [5.74, 6) is -1.05. The van der Waals surface area contributed by atoms with Crippen LogP contribution in [0.25, 0.3) is 11.2 Å². The average molecular weight is 310 g/mol. The monoisotopic (exact) mass is 310 g/mol. The number of hydrogen-bond donors (Lipinski definition) is 2. The third-order valence-electron chi connectivity index (χ3n) is 2.68. The zero-order chi connectivity index (χ0) is 15.4. The number of pyridine rings is 1. The highest BCUT2D eigenvalue weighted by atomic mass is 32.2. The second-order valence-electron chi connectivity index (χ2n) is 4.20. The second-order valence-corrected chi connectivity index (χ2v) is 5.14. The molecule has 0 saturated carbocycles. The summed E-state index contributed by atoms with van der Waals surface area (Å²) >= 11 is 1.09. The maximum Gasteiger partial charge on any atom is 0.404 e. The molecule has 1 amide bonds. The molecular formula is C12H14N4O4S. The lowest BCUT2D eigenvalue weighted by atomic mass is 10.3. The van der Waals surface area contributed by atoms with Crippen LogP contribution < -0.4 is 5.73 Å². The van der Waals surface area contributed by atoms with Crippen LogP contribution in [0, 0.1) is 6.92 Å². The summed E-state index contributed by atoms with van der Waals surface area (Å²) in [4.78, 5) is 30.0. The highest BCUT2D eigenvalue weighted by Crippen LogP contribution is 2.24. The maximum atomic E-state index is 10.7. The number of primary amides is 1. The number of carboxylic acid groups (broad SMARTS) is 1. The SMILES string of the molecule is Cc1ccnc2c1nc(SCC(=O)O)n2CCOC(N)=O. The van der Waals surface area contributed by atoms with Crippen LogP contribution in [-0.4, -0.2) is 44.1 Å². The van der Waals surface area contributed by atoms with Crippen LogP contribution in [0.3, 0.4) is 0 Å². The molecule has 2 heterocycles. The molecule has 2 aromatic heterocycles. The lowest BCUT2D eigenvalue weighted by molar-refractivity contribution is -0.133. The topological polar surface area (TPSA) is 120 Å². The van der Waals surface area contributed by atoms with Gasteiger partial charge in [0.2, 0.25) is 0 Å². The number of aryl methyl sites for hydroxylation is 1. The predicted octanol–water partition coefficient (Wildman–Crippen LogP) is 1.01. The number of nitrogens with two attached hydrogens (primary N) is 1. The fourth-order valence-corrected chi connectivity index (χ4v) is 2.54. The van der Waals surface area contributed by atoms with Crippen molar-refractivity contribution in [1.82, 2.24) is 14.5 Å². The Morgan fingerprint density at radius 1 is 1.52 bits per heavy atom. The van der Waals surface area contributed by atoms with E-state index in [0.29, 0.717) is 22.9 Å². The zero-order valence-electron chi connectivity index (χ0n) is 11.3. The Bertz CT molecular complexity index is 685. The molecule has 2 aromatic rings. The van der Waals surface area contributed by atoms with Crippen LogP contribution in [0.15, 0.2) is 17.4 Å². The summed E-state index contributed by atoms with van der Waals surface area (Å²) in [6.07, 6.45) is 0.791. The number of carbonyl (C=O) groups excluding carboxylic acids is 1. The number of aromatic nitrogens is 3. The first kappa shape index (κ1) is 15.1. The molecule has 0 unspecified atom stereocenters. The number of imidazole rings is 1. The van der Waals surface area contributed by atoms with E-state index < -0.39 is 12.1 Å². The fourth-order valence-electron chi connectivity index (χ4n) is 1.79. The van der Waals surface area contributed by atoms with Gasteiger partial charge in [-0.05, 0) is 18.6 Å². The molecule has 0 aliphatic carbocycles. The van der Waals surface area contributed by atoms with Crippen molar-refractivity contribution in [3.8, 4) is 0 Å². The van der Waals surface area contributed by atoms with Gasteiger partial charge >= 0.3 is 12.1 Å². The number of rotatable bonds is 6. The van der Waals surface area contributed by atoms with E-state index in [1.54, 1.807) is 10.8 Å². The molecule has 0 aliphatic heterocycles. The molecule has 9 heteroatoms. The van der Waals surface area contributed by atoms with Crippen molar-refractivity contribution in [2.75, 3.05) is 12.4 Å². The number of amides is 1. The van der Waals surface area contributed by atoms with Crippen LogP contribution in [-0.2, 0) is 16.1 Å². The van der Waals surface area contributed by atoms with Crippen molar-refractivity contribution < 1.29 is 19.4 Å². The zero-order valence-corrected chi connectivity index (χ0v) is 12.1. The van der Waals surface area contributed by atoms with Crippen LogP contribution in [0.4, 0.5) is 4.79 Å². The second kappa shape index (κ2) is 6.44. The van der Waals surface area contributed by atoms with Crippen molar-refractivity contribution in [2.24, 2.45) is 5.73 Å². The molecule has 21 heavy (non-hydrogen) atoms.